The molecule has 0 bridgehead atoms. The van der Waals surface area contributed by atoms with E-state index in [-0.39, 0.29) is 5.92 Å². The minimum absolute atomic E-state index is 0.0466. The van der Waals surface area contributed by atoms with Crippen LogP contribution in [0.3, 0.4) is 0 Å². The summed E-state index contributed by atoms with van der Waals surface area (Å²) in [5.74, 6) is -0.491. The van der Waals surface area contributed by atoms with Gasteiger partial charge in [0.05, 0.1) is 7.11 Å². The van der Waals surface area contributed by atoms with Crippen molar-refractivity contribution in [1.29, 1.82) is 0 Å². The van der Waals surface area contributed by atoms with E-state index in [1.165, 1.54) is 12.7 Å². The van der Waals surface area contributed by atoms with E-state index in [0.717, 1.165) is 19.3 Å². The molecule has 1 aromatic carbocycles. The number of urea groups is 1. The third kappa shape index (κ3) is 5.76. The molecule has 0 aliphatic carbocycles. The average Bonchev–Trinajstić information content (AvgIpc) is 2.51. The quantitative estimate of drug-likeness (QED) is 0.759. The molecule has 0 saturated heterocycles. The van der Waals surface area contributed by atoms with Crippen molar-refractivity contribution in [3.05, 3.63) is 29.8 Å². The molecule has 2 amide bonds. The molecule has 1 aromatic rings. The largest absolute Gasteiger partial charge is 0.467 e. The average molecular weight is 306 g/mol. The number of aryl methyl sites for hydroxylation is 1. The molecule has 22 heavy (non-hydrogen) atoms. The number of methoxy groups -OCH3 is 1. The van der Waals surface area contributed by atoms with E-state index in [2.05, 4.69) is 17.6 Å². The maximum absolute atomic E-state index is 12.0. The van der Waals surface area contributed by atoms with Crippen LogP contribution in [-0.4, -0.2) is 25.2 Å². The van der Waals surface area contributed by atoms with Gasteiger partial charge in [-0.05, 0) is 36.5 Å². The summed E-state index contributed by atoms with van der Waals surface area (Å²) in [5, 5.41) is 5.37. The zero-order valence-electron chi connectivity index (χ0n) is 13.8. The van der Waals surface area contributed by atoms with Crippen molar-refractivity contribution < 1.29 is 14.3 Å². The molecule has 0 radical (unpaired) electrons. The Morgan fingerprint density at radius 3 is 2.32 bits per heavy atom. The molecule has 2 N–H and O–H groups in total. The van der Waals surface area contributed by atoms with Crippen molar-refractivity contribution in [2.45, 2.75) is 46.1 Å². The monoisotopic (exact) mass is 306 g/mol. The van der Waals surface area contributed by atoms with Crippen LogP contribution in [-0.2, 0) is 16.0 Å². The van der Waals surface area contributed by atoms with Crippen LogP contribution in [0, 0.1) is 5.92 Å². The summed E-state index contributed by atoms with van der Waals surface area (Å²) in [7, 11) is 1.31. The van der Waals surface area contributed by atoms with Crippen LogP contribution in [0.5, 0.6) is 0 Å². The first-order valence-corrected chi connectivity index (χ1v) is 7.72. The number of hydrogen-bond donors (Lipinski definition) is 2. The van der Waals surface area contributed by atoms with Crippen LogP contribution in [0.4, 0.5) is 10.5 Å². The highest BCUT2D eigenvalue weighted by molar-refractivity contribution is 5.92. The van der Waals surface area contributed by atoms with Crippen molar-refractivity contribution in [1.82, 2.24) is 5.32 Å². The number of hydrogen-bond acceptors (Lipinski definition) is 3. The first-order chi connectivity index (χ1) is 10.5. The predicted octanol–water partition coefficient (Wildman–Crippen LogP) is 3.35. The first-order valence-electron chi connectivity index (χ1n) is 7.72. The molecule has 5 nitrogen and oxygen atoms in total. The molecule has 1 rings (SSSR count). The molecule has 0 saturated carbocycles. The van der Waals surface area contributed by atoms with Crippen molar-refractivity contribution in [2.75, 3.05) is 12.4 Å². The van der Waals surface area contributed by atoms with Crippen LogP contribution < -0.4 is 10.6 Å². The summed E-state index contributed by atoms with van der Waals surface area (Å²) in [6, 6.07) is 6.68. The van der Waals surface area contributed by atoms with Gasteiger partial charge in [0.2, 0.25) is 0 Å². The molecule has 0 unspecified atom stereocenters. The summed E-state index contributed by atoms with van der Waals surface area (Å²) in [4.78, 5) is 23.6. The van der Waals surface area contributed by atoms with Crippen LogP contribution in [0.2, 0.25) is 0 Å². The fourth-order valence-corrected chi connectivity index (χ4v) is 2.07. The minimum atomic E-state index is -0.658. The van der Waals surface area contributed by atoms with Gasteiger partial charge in [0.25, 0.3) is 0 Å². The highest BCUT2D eigenvalue weighted by Gasteiger charge is 2.24. The topological polar surface area (TPSA) is 67.4 Å². The van der Waals surface area contributed by atoms with E-state index in [1.54, 1.807) is 0 Å². The highest BCUT2D eigenvalue weighted by Crippen LogP contribution is 2.12. The predicted molar refractivity (Wildman–Crippen MR) is 87.9 cm³/mol. The van der Waals surface area contributed by atoms with Gasteiger partial charge in [-0.15, -0.1) is 0 Å². The number of carbonyl (C=O) groups is 2. The summed E-state index contributed by atoms with van der Waals surface area (Å²) in [6.45, 7) is 5.86. The summed E-state index contributed by atoms with van der Waals surface area (Å²) in [6.07, 6.45) is 3.36. The zero-order valence-corrected chi connectivity index (χ0v) is 13.8. The molecule has 0 aromatic heterocycles. The molecule has 5 heteroatoms. The van der Waals surface area contributed by atoms with Crippen LogP contribution in [0.25, 0.3) is 0 Å². The zero-order chi connectivity index (χ0) is 16.5. The van der Waals surface area contributed by atoms with Crippen LogP contribution in [0.15, 0.2) is 24.3 Å². The SMILES string of the molecule is CCCCc1ccc(NC(=O)N[C@H](C(=O)OC)C(C)C)cc1. The molecule has 0 heterocycles. The van der Waals surface area contributed by atoms with E-state index in [9.17, 15) is 9.59 Å². The Morgan fingerprint density at radius 2 is 1.82 bits per heavy atom. The molecule has 122 valence electrons. The van der Waals surface area contributed by atoms with Gasteiger partial charge < -0.3 is 15.4 Å². The second kappa shape index (κ2) is 9.07. The lowest BCUT2D eigenvalue weighted by Crippen LogP contribution is -2.46. The number of carbonyl (C=O) groups excluding carboxylic acids is 2. The third-order valence-electron chi connectivity index (χ3n) is 3.44. The molecule has 1 atom stereocenters. The maximum atomic E-state index is 12.0. The Labute approximate surface area is 132 Å². The number of rotatable bonds is 7. The number of anilines is 1. The van der Waals surface area contributed by atoms with E-state index in [1.807, 2.05) is 38.1 Å². The first kappa shape index (κ1) is 18.0. The summed E-state index contributed by atoms with van der Waals surface area (Å²) in [5.41, 5.74) is 1.95. The Hall–Kier alpha value is -2.04. The van der Waals surface area contributed by atoms with Gasteiger partial charge in [-0.3, -0.25) is 0 Å². The van der Waals surface area contributed by atoms with E-state index in [4.69, 9.17) is 4.74 Å². The second-order valence-corrected chi connectivity index (χ2v) is 5.64. The normalized spacial score (nSPS) is 11.9. The number of unbranched alkanes of at least 4 members (excludes halogenated alkanes) is 1. The number of esters is 1. The Bertz CT molecular complexity index is 483. The molecule has 0 spiro atoms. The summed E-state index contributed by atoms with van der Waals surface area (Å²) < 4.78 is 4.70. The lowest BCUT2D eigenvalue weighted by Gasteiger charge is -2.20. The maximum Gasteiger partial charge on any atom is 0.328 e. The number of nitrogens with one attached hydrogen (secondary N) is 2. The van der Waals surface area contributed by atoms with Crippen molar-refractivity contribution in [3.63, 3.8) is 0 Å². The van der Waals surface area contributed by atoms with Gasteiger partial charge in [0.15, 0.2) is 0 Å². The van der Waals surface area contributed by atoms with Crippen molar-refractivity contribution in [2.24, 2.45) is 5.92 Å². The summed E-state index contributed by atoms with van der Waals surface area (Å²) >= 11 is 0. The Kier molecular flexibility index (Phi) is 7.43. The van der Waals surface area contributed by atoms with Gasteiger partial charge in [0, 0.05) is 5.69 Å². The van der Waals surface area contributed by atoms with Crippen LogP contribution >= 0.6 is 0 Å². The van der Waals surface area contributed by atoms with Gasteiger partial charge in [-0.25, -0.2) is 9.59 Å². The molecular formula is C17H26N2O3. The molecule has 0 aliphatic heterocycles. The fourth-order valence-electron chi connectivity index (χ4n) is 2.07. The standard InChI is InChI=1S/C17H26N2O3/c1-5-6-7-13-8-10-14(11-9-13)18-17(21)19-15(12(2)3)16(20)22-4/h8-12,15H,5-7H2,1-4H3,(H2,18,19,21)/t15-/m0/s1. The highest BCUT2D eigenvalue weighted by atomic mass is 16.5. The van der Waals surface area contributed by atoms with Crippen molar-refractivity contribution >= 4 is 17.7 Å². The Morgan fingerprint density at radius 1 is 1.18 bits per heavy atom. The lowest BCUT2D eigenvalue weighted by atomic mass is 10.1. The van der Waals surface area contributed by atoms with Crippen molar-refractivity contribution in [3.8, 4) is 0 Å². The molecule has 0 aliphatic rings. The molecular weight excluding hydrogens is 280 g/mol. The van der Waals surface area contributed by atoms with Crippen LogP contribution in [0.1, 0.15) is 39.2 Å². The number of ether oxygens (including phenoxy) is 1. The van der Waals surface area contributed by atoms with Gasteiger partial charge >= 0.3 is 12.0 Å². The van der Waals surface area contributed by atoms with Gasteiger partial charge in [-0.1, -0.05) is 39.3 Å². The van der Waals surface area contributed by atoms with E-state index in [0.29, 0.717) is 5.69 Å². The minimum Gasteiger partial charge on any atom is -0.467 e. The number of benzene rings is 1. The third-order valence-corrected chi connectivity index (χ3v) is 3.44. The molecule has 0 fully saturated rings. The van der Waals surface area contributed by atoms with Gasteiger partial charge in [-0.2, -0.15) is 0 Å². The fraction of sp³-hybridized carbons (Fsp3) is 0.529. The Balaban J connectivity index is 2.58. The smallest absolute Gasteiger partial charge is 0.328 e. The van der Waals surface area contributed by atoms with E-state index >= 15 is 0 Å². The second-order valence-electron chi connectivity index (χ2n) is 5.64. The number of amides is 2. The lowest BCUT2D eigenvalue weighted by molar-refractivity contribution is -0.143. The van der Waals surface area contributed by atoms with Gasteiger partial charge in [0.1, 0.15) is 6.04 Å². The van der Waals surface area contributed by atoms with E-state index < -0.39 is 18.0 Å².